The molecular weight excluding hydrogens is 154 g/mol. The van der Waals surface area contributed by atoms with Crippen LogP contribution in [0.5, 0.6) is 0 Å². The van der Waals surface area contributed by atoms with Crippen LogP contribution in [0.3, 0.4) is 0 Å². The number of nitrogens with two attached hydrogens (primary N) is 1. The van der Waals surface area contributed by atoms with Crippen molar-refractivity contribution in [2.24, 2.45) is 17.1 Å². The normalized spacial score (nSPS) is 40.3. The molecular formula is C9H15NO2. The van der Waals surface area contributed by atoms with Gasteiger partial charge in [-0.25, -0.2) is 0 Å². The minimum atomic E-state index is -0.374. The summed E-state index contributed by atoms with van der Waals surface area (Å²) in [4.78, 5) is 11.2. The summed E-state index contributed by atoms with van der Waals surface area (Å²) >= 11 is 0. The third-order valence-corrected chi connectivity index (χ3v) is 3.56. The molecule has 3 heteroatoms. The van der Waals surface area contributed by atoms with Crippen molar-refractivity contribution in [3.63, 3.8) is 0 Å². The SMILES string of the molecule is COC(=O)C(N)C12CCC(C1)C2. The first-order valence-corrected chi connectivity index (χ1v) is 4.51. The van der Waals surface area contributed by atoms with Crippen LogP contribution in [0.2, 0.25) is 0 Å². The zero-order chi connectivity index (χ0) is 8.77. The van der Waals surface area contributed by atoms with Gasteiger partial charge in [0, 0.05) is 0 Å². The smallest absolute Gasteiger partial charge is 0.323 e. The van der Waals surface area contributed by atoms with E-state index in [1.807, 2.05) is 0 Å². The van der Waals surface area contributed by atoms with Crippen LogP contribution in [0.25, 0.3) is 0 Å². The fraction of sp³-hybridized carbons (Fsp3) is 0.889. The summed E-state index contributed by atoms with van der Waals surface area (Å²) in [7, 11) is 1.41. The molecule has 12 heavy (non-hydrogen) atoms. The molecule has 3 fully saturated rings. The summed E-state index contributed by atoms with van der Waals surface area (Å²) in [6.45, 7) is 0. The van der Waals surface area contributed by atoms with Gasteiger partial charge in [0.2, 0.25) is 0 Å². The summed E-state index contributed by atoms with van der Waals surface area (Å²) < 4.78 is 4.65. The first-order valence-electron chi connectivity index (χ1n) is 4.51. The van der Waals surface area contributed by atoms with Crippen LogP contribution in [-0.2, 0) is 9.53 Å². The second kappa shape index (κ2) is 2.46. The highest BCUT2D eigenvalue weighted by atomic mass is 16.5. The molecule has 2 N–H and O–H groups in total. The van der Waals surface area contributed by atoms with Crippen molar-refractivity contribution >= 4 is 5.97 Å². The second-order valence-corrected chi connectivity index (χ2v) is 4.18. The van der Waals surface area contributed by atoms with E-state index in [-0.39, 0.29) is 17.4 Å². The Labute approximate surface area is 72.3 Å². The highest BCUT2D eigenvalue weighted by Gasteiger charge is 2.55. The maximum atomic E-state index is 11.2. The zero-order valence-corrected chi connectivity index (χ0v) is 7.38. The van der Waals surface area contributed by atoms with E-state index in [9.17, 15) is 4.79 Å². The van der Waals surface area contributed by atoms with Crippen molar-refractivity contribution in [3.05, 3.63) is 0 Å². The molecule has 0 aromatic rings. The van der Waals surface area contributed by atoms with E-state index in [1.54, 1.807) is 0 Å². The van der Waals surface area contributed by atoms with E-state index < -0.39 is 0 Å². The topological polar surface area (TPSA) is 52.3 Å². The minimum absolute atomic E-state index is 0.123. The van der Waals surface area contributed by atoms with Gasteiger partial charge in [-0.2, -0.15) is 0 Å². The van der Waals surface area contributed by atoms with Crippen molar-refractivity contribution in [2.75, 3.05) is 7.11 Å². The molecule has 0 saturated heterocycles. The quantitative estimate of drug-likeness (QED) is 0.618. The molecule has 1 atom stereocenters. The van der Waals surface area contributed by atoms with Gasteiger partial charge in [0.05, 0.1) is 7.11 Å². The van der Waals surface area contributed by atoms with Crippen LogP contribution in [0.15, 0.2) is 0 Å². The molecule has 3 aliphatic carbocycles. The van der Waals surface area contributed by atoms with Gasteiger partial charge in [0.15, 0.2) is 0 Å². The van der Waals surface area contributed by atoms with E-state index >= 15 is 0 Å². The van der Waals surface area contributed by atoms with Gasteiger partial charge >= 0.3 is 5.97 Å². The molecule has 3 saturated carbocycles. The summed E-state index contributed by atoms with van der Waals surface area (Å²) in [6, 6.07) is -0.374. The van der Waals surface area contributed by atoms with E-state index in [2.05, 4.69) is 4.74 Å². The molecule has 0 aromatic heterocycles. The highest BCUT2D eigenvalue weighted by Crippen LogP contribution is 2.60. The van der Waals surface area contributed by atoms with Crippen LogP contribution >= 0.6 is 0 Å². The number of fused-ring (bicyclic) bond motifs is 1. The zero-order valence-electron chi connectivity index (χ0n) is 7.38. The molecule has 1 unspecified atom stereocenters. The van der Waals surface area contributed by atoms with Crippen molar-refractivity contribution < 1.29 is 9.53 Å². The fourth-order valence-electron chi connectivity index (χ4n) is 2.78. The number of carbonyl (C=O) groups excluding carboxylic acids is 1. The average molecular weight is 169 g/mol. The van der Waals surface area contributed by atoms with E-state index in [1.165, 1.54) is 13.5 Å². The Morgan fingerprint density at radius 2 is 2.33 bits per heavy atom. The number of hydrogen-bond acceptors (Lipinski definition) is 3. The van der Waals surface area contributed by atoms with E-state index in [0.717, 1.165) is 25.2 Å². The Balaban J connectivity index is 2.04. The van der Waals surface area contributed by atoms with Gasteiger partial charge in [-0.15, -0.1) is 0 Å². The van der Waals surface area contributed by atoms with Crippen LogP contribution in [-0.4, -0.2) is 19.1 Å². The summed E-state index contributed by atoms with van der Waals surface area (Å²) in [5.41, 5.74) is 5.95. The summed E-state index contributed by atoms with van der Waals surface area (Å²) in [5, 5.41) is 0. The fourth-order valence-corrected chi connectivity index (χ4v) is 2.78. The van der Waals surface area contributed by atoms with E-state index in [4.69, 9.17) is 5.73 Å². The van der Waals surface area contributed by atoms with Crippen LogP contribution in [0.1, 0.15) is 25.7 Å². The molecule has 68 valence electrons. The van der Waals surface area contributed by atoms with Crippen molar-refractivity contribution in [1.82, 2.24) is 0 Å². The van der Waals surface area contributed by atoms with Crippen molar-refractivity contribution in [3.8, 4) is 0 Å². The Morgan fingerprint density at radius 3 is 2.75 bits per heavy atom. The molecule has 2 bridgehead atoms. The lowest BCUT2D eigenvalue weighted by atomic mass is 9.65. The Morgan fingerprint density at radius 1 is 1.67 bits per heavy atom. The Hall–Kier alpha value is -0.570. The number of hydrogen-bond donors (Lipinski definition) is 1. The molecule has 3 rings (SSSR count). The highest BCUT2D eigenvalue weighted by molar-refractivity contribution is 5.76. The second-order valence-electron chi connectivity index (χ2n) is 4.18. The van der Waals surface area contributed by atoms with Gasteiger partial charge in [-0.1, -0.05) is 0 Å². The van der Waals surface area contributed by atoms with Crippen LogP contribution in [0, 0.1) is 11.3 Å². The number of esters is 1. The molecule has 0 aromatic carbocycles. The third-order valence-electron chi connectivity index (χ3n) is 3.56. The molecule has 3 aliphatic rings. The predicted octanol–water partition coefficient (Wildman–Crippen LogP) is 0.677. The summed E-state index contributed by atoms with van der Waals surface area (Å²) in [5.74, 6) is 0.607. The standard InChI is InChI=1S/C9H15NO2/c1-12-8(11)7(10)9-3-2-6(4-9)5-9/h6-7H,2-5,10H2,1H3. The average Bonchev–Trinajstić information content (AvgIpc) is 2.58. The molecule has 0 amide bonds. The largest absolute Gasteiger partial charge is 0.468 e. The first kappa shape index (κ1) is 8.05. The predicted molar refractivity (Wildman–Crippen MR) is 44.4 cm³/mol. The van der Waals surface area contributed by atoms with Crippen molar-refractivity contribution in [1.29, 1.82) is 0 Å². The Kier molecular flexibility index (Phi) is 1.65. The lowest BCUT2D eigenvalue weighted by Crippen LogP contribution is -2.50. The summed E-state index contributed by atoms with van der Waals surface area (Å²) in [6.07, 6.45) is 4.66. The Bertz CT molecular complexity index is 203. The minimum Gasteiger partial charge on any atom is -0.468 e. The number of ether oxygens (including phenoxy) is 1. The van der Waals surface area contributed by atoms with Crippen molar-refractivity contribution in [2.45, 2.75) is 31.7 Å². The van der Waals surface area contributed by atoms with Gasteiger partial charge < -0.3 is 10.5 Å². The third kappa shape index (κ3) is 0.891. The number of methoxy groups -OCH3 is 1. The van der Waals surface area contributed by atoms with Gasteiger partial charge in [0.25, 0.3) is 0 Å². The maximum Gasteiger partial charge on any atom is 0.323 e. The van der Waals surface area contributed by atoms with Crippen LogP contribution in [0.4, 0.5) is 0 Å². The molecule has 0 heterocycles. The lowest BCUT2D eigenvalue weighted by Gasteiger charge is -2.41. The molecule has 3 nitrogen and oxygen atoms in total. The molecule has 0 spiro atoms. The maximum absolute atomic E-state index is 11.2. The first-order chi connectivity index (χ1) is 5.68. The monoisotopic (exact) mass is 169 g/mol. The molecule has 0 aliphatic heterocycles. The van der Waals surface area contributed by atoms with Gasteiger partial charge in [-0.3, -0.25) is 4.79 Å². The number of rotatable bonds is 2. The van der Waals surface area contributed by atoms with E-state index in [0.29, 0.717) is 0 Å². The lowest BCUT2D eigenvalue weighted by molar-refractivity contribution is -0.147. The van der Waals surface area contributed by atoms with Gasteiger partial charge in [0.1, 0.15) is 6.04 Å². The number of carbonyl (C=O) groups is 1. The van der Waals surface area contributed by atoms with Gasteiger partial charge in [-0.05, 0) is 37.0 Å². The molecule has 0 radical (unpaired) electrons. The van der Waals surface area contributed by atoms with Crippen LogP contribution < -0.4 is 5.73 Å².